The summed E-state index contributed by atoms with van der Waals surface area (Å²) in [5.74, 6) is -1.82. The highest BCUT2D eigenvalue weighted by Crippen LogP contribution is 2.16. The van der Waals surface area contributed by atoms with E-state index in [0.717, 1.165) is 0 Å². The third-order valence-corrected chi connectivity index (χ3v) is 3.10. The average Bonchev–Trinajstić information content (AvgIpc) is 2.51. The molecule has 3 N–H and O–H groups in total. The van der Waals surface area contributed by atoms with Crippen molar-refractivity contribution in [2.24, 2.45) is 5.92 Å². The van der Waals surface area contributed by atoms with Crippen LogP contribution in [0.3, 0.4) is 0 Å². The number of aliphatic carboxylic acids is 1. The highest BCUT2D eigenvalue weighted by Gasteiger charge is 2.22. The third-order valence-electron chi connectivity index (χ3n) is 3.10. The van der Waals surface area contributed by atoms with E-state index in [1.54, 1.807) is 12.1 Å². The second-order valence-electron chi connectivity index (χ2n) is 6.29. The first-order valence-corrected chi connectivity index (χ1v) is 8.12. The Bertz CT molecular complexity index is 616. The molecule has 0 spiro atoms. The molecule has 0 aliphatic rings. The van der Waals surface area contributed by atoms with E-state index in [1.165, 1.54) is 6.20 Å². The van der Waals surface area contributed by atoms with Crippen molar-refractivity contribution in [3.05, 3.63) is 24.0 Å². The Morgan fingerprint density at radius 2 is 1.92 bits per heavy atom. The van der Waals surface area contributed by atoms with Crippen LogP contribution < -0.4 is 15.4 Å². The van der Waals surface area contributed by atoms with Gasteiger partial charge in [0.2, 0.25) is 5.91 Å². The van der Waals surface area contributed by atoms with E-state index in [2.05, 4.69) is 15.6 Å². The normalized spacial score (nSPS) is 11.9. The standard InChI is InChI=1S/C17H25N3O5/c1-10(2)8-12(17(23)24)20-14(21)9-19-16(22)15-13(25-11(3)4)6-5-7-18-15/h5-7,10-12H,8-9H2,1-4H3,(H,19,22)(H,20,21)(H,23,24)/t12-/m0/s1. The summed E-state index contributed by atoms with van der Waals surface area (Å²) in [6.07, 6.45) is 1.62. The van der Waals surface area contributed by atoms with Gasteiger partial charge in [-0.3, -0.25) is 9.59 Å². The number of carbonyl (C=O) groups is 3. The van der Waals surface area contributed by atoms with Crippen molar-refractivity contribution in [1.29, 1.82) is 0 Å². The van der Waals surface area contributed by atoms with Crippen molar-refractivity contribution in [1.82, 2.24) is 15.6 Å². The minimum atomic E-state index is -1.11. The number of carboxylic acids is 1. The molecular formula is C17H25N3O5. The number of ether oxygens (including phenoxy) is 1. The molecule has 0 fully saturated rings. The summed E-state index contributed by atoms with van der Waals surface area (Å²) in [6, 6.07) is 2.27. The number of hydrogen-bond donors (Lipinski definition) is 3. The number of nitrogens with zero attached hydrogens (tertiary/aromatic N) is 1. The van der Waals surface area contributed by atoms with Gasteiger partial charge in [-0.05, 0) is 38.3 Å². The number of rotatable bonds is 9. The van der Waals surface area contributed by atoms with Gasteiger partial charge in [-0.25, -0.2) is 9.78 Å². The number of carbonyl (C=O) groups excluding carboxylic acids is 2. The lowest BCUT2D eigenvalue weighted by atomic mass is 10.0. The first-order chi connectivity index (χ1) is 11.7. The van der Waals surface area contributed by atoms with Crippen molar-refractivity contribution >= 4 is 17.8 Å². The van der Waals surface area contributed by atoms with Crippen molar-refractivity contribution < 1.29 is 24.2 Å². The van der Waals surface area contributed by atoms with E-state index in [0.29, 0.717) is 12.2 Å². The Labute approximate surface area is 147 Å². The summed E-state index contributed by atoms with van der Waals surface area (Å²) in [4.78, 5) is 39.2. The molecule has 0 bridgehead atoms. The molecule has 0 unspecified atom stereocenters. The molecule has 2 amide bonds. The number of carboxylic acid groups (broad SMARTS) is 1. The van der Waals surface area contributed by atoms with Crippen LogP contribution in [0, 0.1) is 5.92 Å². The molecule has 1 aromatic rings. The lowest BCUT2D eigenvalue weighted by molar-refractivity contribution is -0.142. The van der Waals surface area contributed by atoms with Crippen LogP contribution in [0.1, 0.15) is 44.6 Å². The molecule has 25 heavy (non-hydrogen) atoms. The smallest absolute Gasteiger partial charge is 0.326 e. The van der Waals surface area contributed by atoms with E-state index in [-0.39, 0.29) is 24.3 Å². The van der Waals surface area contributed by atoms with Gasteiger partial charge in [0.1, 0.15) is 6.04 Å². The largest absolute Gasteiger partial charge is 0.489 e. The summed E-state index contributed by atoms with van der Waals surface area (Å²) in [5.41, 5.74) is 0.0703. The molecule has 8 nitrogen and oxygen atoms in total. The summed E-state index contributed by atoms with van der Waals surface area (Å²) in [5, 5.41) is 13.9. The molecule has 0 aliphatic carbocycles. The van der Waals surface area contributed by atoms with Crippen molar-refractivity contribution in [2.75, 3.05) is 6.54 Å². The summed E-state index contributed by atoms with van der Waals surface area (Å²) >= 11 is 0. The average molecular weight is 351 g/mol. The van der Waals surface area contributed by atoms with Crippen LogP contribution in [0.4, 0.5) is 0 Å². The molecule has 1 aromatic heterocycles. The molecule has 8 heteroatoms. The van der Waals surface area contributed by atoms with Crippen LogP contribution in [0.5, 0.6) is 5.75 Å². The number of nitrogens with one attached hydrogen (secondary N) is 2. The van der Waals surface area contributed by atoms with Gasteiger partial charge in [-0.1, -0.05) is 13.8 Å². The second kappa shape index (κ2) is 9.61. The van der Waals surface area contributed by atoms with E-state index >= 15 is 0 Å². The third kappa shape index (κ3) is 7.19. The van der Waals surface area contributed by atoms with Crippen LogP contribution >= 0.6 is 0 Å². The van der Waals surface area contributed by atoms with E-state index in [1.807, 2.05) is 27.7 Å². The first-order valence-electron chi connectivity index (χ1n) is 8.12. The number of hydrogen-bond acceptors (Lipinski definition) is 5. The molecule has 0 aliphatic heterocycles. The maximum Gasteiger partial charge on any atom is 0.326 e. The molecule has 1 heterocycles. The maximum absolute atomic E-state index is 12.2. The van der Waals surface area contributed by atoms with Crippen molar-refractivity contribution in [3.63, 3.8) is 0 Å². The fourth-order valence-corrected chi connectivity index (χ4v) is 2.09. The Balaban J connectivity index is 2.64. The zero-order valence-electron chi connectivity index (χ0n) is 14.9. The second-order valence-corrected chi connectivity index (χ2v) is 6.29. The fraction of sp³-hybridized carbons (Fsp3) is 0.529. The number of pyridine rings is 1. The lowest BCUT2D eigenvalue weighted by Crippen LogP contribution is -2.46. The molecule has 138 valence electrons. The molecule has 0 aromatic carbocycles. The van der Waals surface area contributed by atoms with Crippen molar-refractivity contribution in [2.45, 2.75) is 46.3 Å². The predicted molar refractivity (Wildman–Crippen MR) is 91.4 cm³/mol. The van der Waals surface area contributed by atoms with E-state index < -0.39 is 23.8 Å². The molecule has 1 atom stereocenters. The maximum atomic E-state index is 12.2. The first kappa shape index (κ1) is 20.4. The van der Waals surface area contributed by atoms with Gasteiger partial charge in [0.25, 0.3) is 5.91 Å². The molecule has 0 radical (unpaired) electrons. The van der Waals surface area contributed by atoms with Gasteiger partial charge in [0, 0.05) is 6.20 Å². The highest BCUT2D eigenvalue weighted by molar-refractivity contribution is 5.97. The quantitative estimate of drug-likeness (QED) is 0.616. The van der Waals surface area contributed by atoms with Crippen LogP contribution in [0.25, 0.3) is 0 Å². The molecule has 0 saturated carbocycles. The molecule has 0 saturated heterocycles. The van der Waals surface area contributed by atoms with Crippen LogP contribution in [0.2, 0.25) is 0 Å². The summed E-state index contributed by atoms with van der Waals surface area (Å²) in [7, 11) is 0. The minimum absolute atomic E-state index is 0.0703. The summed E-state index contributed by atoms with van der Waals surface area (Å²) < 4.78 is 5.51. The van der Waals surface area contributed by atoms with Crippen LogP contribution in [0.15, 0.2) is 18.3 Å². The van der Waals surface area contributed by atoms with Gasteiger partial charge in [0.15, 0.2) is 11.4 Å². The van der Waals surface area contributed by atoms with E-state index in [4.69, 9.17) is 9.84 Å². The zero-order valence-corrected chi connectivity index (χ0v) is 14.9. The van der Waals surface area contributed by atoms with Crippen LogP contribution in [-0.2, 0) is 9.59 Å². The van der Waals surface area contributed by atoms with Crippen LogP contribution in [-0.4, -0.2) is 46.6 Å². The van der Waals surface area contributed by atoms with Gasteiger partial charge in [-0.15, -0.1) is 0 Å². The number of amides is 2. The monoisotopic (exact) mass is 351 g/mol. The highest BCUT2D eigenvalue weighted by atomic mass is 16.5. The predicted octanol–water partition coefficient (Wildman–Crippen LogP) is 1.21. The Morgan fingerprint density at radius 3 is 2.48 bits per heavy atom. The molecular weight excluding hydrogens is 326 g/mol. The molecule has 1 rings (SSSR count). The van der Waals surface area contributed by atoms with Gasteiger partial charge < -0.3 is 20.5 Å². The lowest BCUT2D eigenvalue weighted by Gasteiger charge is -2.17. The van der Waals surface area contributed by atoms with Crippen molar-refractivity contribution in [3.8, 4) is 5.75 Å². The Hall–Kier alpha value is -2.64. The topological polar surface area (TPSA) is 118 Å². The SMILES string of the molecule is CC(C)C[C@H](NC(=O)CNC(=O)c1ncccc1OC(C)C)C(=O)O. The van der Waals surface area contributed by atoms with Gasteiger partial charge in [0.05, 0.1) is 12.6 Å². The fourth-order valence-electron chi connectivity index (χ4n) is 2.09. The van der Waals surface area contributed by atoms with E-state index in [9.17, 15) is 14.4 Å². The zero-order chi connectivity index (χ0) is 19.0. The van der Waals surface area contributed by atoms with Gasteiger partial charge in [-0.2, -0.15) is 0 Å². The Kier molecular flexibility index (Phi) is 7.84. The minimum Gasteiger partial charge on any atom is -0.489 e. The van der Waals surface area contributed by atoms with Gasteiger partial charge >= 0.3 is 5.97 Å². The Morgan fingerprint density at radius 1 is 1.24 bits per heavy atom. The summed E-state index contributed by atoms with van der Waals surface area (Å²) in [6.45, 7) is 7.02. The number of aromatic nitrogens is 1.